The van der Waals surface area contributed by atoms with Crippen LogP contribution in [0.5, 0.6) is 11.5 Å². The number of nitrogens with one attached hydrogen (secondary N) is 1. The maximum Gasteiger partial charge on any atom is 0.412 e. The van der Waals surface area contributed by atoms with Crippen molar-refractivity contribution in [2.24, 2.45) is 5.92 Å². The van der Waals surface area contributed by atoms with E-state index in [4.69, 9.17) is 13.9 Å². The van der Waals surface area contributed by atoms with Gasteiger partial charge >= 0.3 is 6.09 Å². The minimum Gasteiger partial charge on any atom is -0.496 e. The highest BCUT2D eigenvalue weighted by atomic mass is 16.6. The quantitative estimate of drug-likeness (QED) is 0.642. The second-order valence-electron chi connectivity index (χ2n) is 7.34. The monoisotopic (exact) mass is 408 g/mol. The van der Waals surface area contributed by atoms with E-state index in [0.29, 0.717) is 35.4 Å². The predicted octanol–water partition coefficient (Wildman–Crippen LogP) is 4.48. The van der Waals surface area contributed by atoms with Crippen molar-refractivity contribution in [3.63, 3.8) is 0 Å². The van der Waals surface area contributed by atoms with Crippen LogP contribution in [-0.2, 0) is 0 Å². The molecule has 0 aliphatic heterocycles. The zero-order chi connectivity index (χ0) is 20.8. The van der Waals surface area contributed by atoms with Crippen molar-refractivity contribution in [3.8, 4) is 34.1 Å². The third-order valence-corrected chi connectivity index (χ3v) is 5.30. The lowest BCUT2D eigenvalue weighted by Gasteiger charge is -2.21. The van der Waals surface area contributed by atoms with Crippen molar-refractivity contribution >= 4 is 6.09 Å². The summed E-state index contributed by atoms with van der Waals surface area (Å²) >= 11 is 0. The fraction of sp³-hybridized carbons (Fsp3) is 0.364. The number of carbonyl (C=O) groups is 1. The first kappa shape index (κ1) is 19.9. The van der Waals surface area contributed by atoms with Crippen LogP contribution in [-0.4, -0.2) is 34.9 Å². The van der Waals surface area contributed by atoms with Crippen molar-refractivity contribution in [2.75, 3.05) is 13.7 Å². The molecule has 1 aliphatic rings. The molecule has 2 heterocycles. The summed E-state index contributed by atoms with van der Waals surface area (Å²) in [5.74, 6) is 1.97. The van der Waals surface area contributed by atoms with Crippen LogP contribution in [0.2, 0.25) is 0 Å². The molecule has 2 aromatic heterocycles. The number of carbonyl (C=O) groups excluding carboxylic acids is 1. The van der Waals surface area contributed by atoms with Crippen LogP contribution in [0.25, 0.3) is 22.6 Å². The van der Waals surface area contributed by atoms with E-state index in [-0.39, 0.29) is 0 Å². The Bertz CT molecular complexity index is 985. The highest BCUT2D eigenvalue weighted by Crippen LogP contribution is 2.34. The van der Waals surface area contributed by atoms with Crippen LogP contribution in [0, 0.1) is 5.92 Å². The summed E-state index contributed by atoms with van der Waals surface area (Å²) in [6, 6.07) is 7.09. The maximum atomic E-state index is 12.3. The molecule has 1 fully saturated rings. The normalized spacial score (nSPS) is 14.3. The van der Waals surface area contributed by atoms with Gasteiger partial charge in [-0.2, -0.15) is 0 Å². The molecule has 156 valence electrons. The molecule has 30 heavy (non-hydrogen) atoms. The smallest absolute Gasteiger partial charge is 0.412 e. The van der Waals surface area contributed by atoms with Gasteiger partial charge in [0, 0.05) is 30.1 Å². The standard InChI is InChI=1S/C22H24N4O4/c1-28-20-8-7-18(30-22(27)24-11-15-5-3-2-4-6-15)10-19(20)16-9-17(13-23-12-16)21-26-25-14-29-21/h7-10,12-15H,2-6,11H2,1H3,(H,24,27). The van der Waals surface area contributed by atoms with Gasteiger partial charge < -0.3 is 19.2 Å². The summed E-state index contributed by atoms with van der Waals surface area (Å²) in [4.78, 5) is 16.5. The molecule has 8 heteroatoms. The highest BCUT2D eigenvalue weighted by molar-refractivity contribution is 5.76. The summed E-state index contributed by atoms with van der Waals surface area (Å²) in [6.07, 6.45) is 10.2. The molecule has 1 aromatic carbocycles. The zero-order valence-electron chi connectivity index (χ0n) is 16.8. The maximum absolute atomic E-state index is 12.3. The summed E-state index contributed by atoms with van der Waals surface area (Å²) < 4.78 is 16.2. The van der Waals surface area contributed by atoms with E-state index in [9.17, 15) is 4.79 Å². The Balaban J connectivity index is 1.49. The molecule has 0 bridgehead atoms. The van der Waals surface area contributed by atoms with Gasteiger partial charge in [0.05, 0.1) is 12.7 Å². The van der Waals surface area contributed by atoms with E-state index in [0.717, 1.165) is 24.0 Å². The summed E-state index contributed by atoms with van der Waals surface area (Å²) in [5.41, 5.74) is 2.20. The van der Waals surface area contributed by atoms with Gasteiger partial charge in [0.1, 0.15) is 11.5 Å². The number of methoxy groups -OCH3 is 1. The number of aromatic nitrogens is 3. The fourth-order valence-corrected chi connectivity index (χ4v) is 3.74. The van der Waals surface area contributed by atoms with Gasteiger partial charge in [-0.15, -0.1) is 10.2 Å². The lowest BCUT2D eigenvalue weighted by atomic mass is 9.89. The van der Waals surface area contributed by atoms with Gasteiger partial charge in [-0.25, -0.2) is 4.79 Å². The Labute approximate surface area is 174 Å². The molecule has 1 saturated carbocycles. The first-order valence-corrected chi connectivity index (χ1v) is 10.1. The van der Waals surface area contributed by atoms with Crippen molar-refractivity contribution in [1.29, 1.82) is 0 Å². The number of nitrogens with zero attached hydrogens (tertiary/aromatic N) is 3. The number of pyridine rings is 1. The molecule has 0 spiro atoms. The predicted molar refractivity (Wildman–Crippen MR) is 110 cm³/mol. The summed E-state index contributed by atoms with van der Waals surface area (Å²) in [5, 5.41) is 10.5. The van der Waals surface area contributed by atoms with Crippen LogP contribution in [0.3, 0.4) is 0 Å². The number of benzene rings is 1. The average Bonchev–Trinajstić information content (AvgIpc) is 3.34. The molecule has 8 nitrogen and oxygen atoms in total. The molecular weight excluding hydrogens is 384 g/mol. The number of ether oxygens (including phenoxy) is 2. The van der Waals surface area contributed by atoms with E-state index in [1.54, 1.807) is 37.7 Å². The van der Waals surface area contributed by atoms with Gasteiger partial charge in [0.25, 0.3) is 0 Å². The summed E-state index contributed by atoms with van der Waals surface area (Å²) in [6.45, 7) is 0.651. The largest absolute Gasteiger partial charge is 0.496 e. The lowest BCUT2D eigenvalue weighted by Crippen LogP contribution is -2.32. The molecule has 0 saturated heterocycles. The van der Waals surface area contributed by atoms with E-state index in [1.807, 2.05) is 6.07 Å². The molecule has 0 radical (unpaired) electrons. The topological polar surface area (TPSA) is 99.4 Å². The number of amides is 1. The van der Waals surface area contributed by atoms with Crippen LogP contribution >= 0.6 is 0 Å². The van der Waals surface area contributed by atoms with Crippen LogP contribution < -0.4 is 14.8 Å². The molecule has 0 atom stereocenters. The number of rotatable bonds is 6. The summed E-state index contributed by atoms with van der Waals surface area (Å²) in [7, 11) is 1.59. The van der Waals surface area contributed by atoms with Crippen molar-refractivity contribution in [2.45, 2.75) is 32.1 Å². The molecule has 0 unspecified atom stereocenters. The van der Waals surface area contributed by atoms with Gasteiger partial charge in [0.15, 0.2) is 0 Å². The van der Waals surface area contributed by atoms with Crippen LogP contribution in [0.4, 0.5) is 4.79 Å². The first-order chi connectivity index (χ1) is 14.7. The molecule has 1 N–H and O–H groups in total. The van der Waals surface area contributed by atoms with E-state index in [2.05, 4.69) is 20.5 Å². The number of hydrogen-bond donors (Lipinski definition) is 1. The zero-order valence-corrected chi connectivity index (χ0v) is 16.8. The second kappa shape index (κ2) is 9.39. The molecule has 4 rings (SSSR count). The van der Waals surface area contributed by atoms with Crippen LogP contribution in [0.15, 0.2) is 47.5 Å². The Hall–Kier alpha value is -3.42. The Kier molecular flexibility index (Phi) is 6.22. The SMILES string of the molecule is COc1ccc(OC(=O)NCC2CCCCC2)cc1-c1cncc(-c2nnco2)c1. The van der Waals surface area contributed by atoms with Crippen molar-refractivity contribution in [1.82, 2.24) is 20.5 Å². The van der Waals surface area contributed by atoms with Gasteiger partial charge in [0.2, 0.25) is 12.3 Å². The van der Waals surface area contributed by atoms with Crippen LogP contribution in [0.1, 0.15) is 32.1 Å². The van der Waals surface area contributed by atoms with Gasteiger partial charge in [-0.3, -0.25) is 4.98 Å². The van der Waals surface area contributed by atoms with Crippen molar-refractivity contribution < 1.29 is 18.7 Å². The lowest BCUT2D eigenvalue weighted by molar-refractivity contribution is 0.196. The second-order valence-corrected chi connectivity index (χ2v) is 7.34. The minimum atomic E-state index is -0.450. The first-order valence-electron chi connectivity index (χ1n) is 10.1. The van der Waals surface area contributed by atoms with E-state index in [1.165, 1.54) is 25.7 Å². The van der Waals surface area contributed by atoms with E-state index >= 15 is 0 Å². The Morgan fingerprint density at radius 1 is 1.17 bits per heavy atom. The highest BCUT2D eigenvalue weighted by Gasteiger charge is 2.16. The van der Waals surface area contributed by atoms with Gasteiger partial charge in [-0.05, 0) is 43.0 Å². The van der Waals surface area contributed by atoms with Gasteiger partial charge in [-0.1, -0.05) is 19.3 Å². The van der Waals surface area contributed by atoms with E-state index < -0.39 is 6.09 Å². The third-order valence-electron chi connectivity index (χ3n) is 5.30. The number of hydrogen-bond acceptors (Lipinski definition) is 7. The molecular formula is C22H24N4O4. The minimum absolute atomic E-state index is 0.373. The fourth-order valence-electron chi connectivity index (χ4n) is 3.74. The molecule has 3 aromatic rings. The Morgan fingerprint density at radius 2 is 2.00 bits per heavy atom. The van der Waals surface area contributed by atoms with Crippen molar-refractivity contribution in [3.05, 3.63) is 43.1 Å². The molecule has 1 amide bonds. The Morgan fingerprint density at radius 3 is 2.77 bits per heavy atom. The third kappa shape index (κ3) is 4.76. The molecule has 1 aliphatic carbocycles. The average molecular weight is 408 g/mol.